The lowest BCUT2D eigenvalue weighted by Gasteiger charge is -2.33. The number of nitrogens with one attached hydrogen (secondary N) is 3. The van der Waals surface area contributed by atoms with Gasteiger partial charge in [-0.1, -0.05) is 12.1 Å². The van der Waals surface area contributed by atoms with Crippen molar-refractivity contribution in [1.82, 2.24) is 25.1 Å². The minimum Gasteiger partial charge on any atom is -0.381 e. The lowest BCUT2D eigenvalue weighted by molar-refractivity contribution is 0.211. The number of nitrogens with zero attached hydrogens (tertiary/aromatic N) is 4. The van der Waals surface area contributed by atoms with Gasteiger partial charge in [-0.05, 0) is 42.7 Å². The Hall–Kier alpha value is -3.63. The van der Waals surface area contributed by atoms with E-state index in [9.17, 15) is 0 Å². The number of hydrogen-bond donors (Lipinski definition) is 3. The first-order chi connectivity index (χ1) is 14.8. The molecule has 1 aliphatic rings. The van der Waals surface area contributed by atoms with E-state index in [-0.39, 0.29) is 0 Å². The molecular formula is C23H23N7. The van der Waals surface area contributed by atoms with E-state index in [0.717, 1.165) is 66.0 Å². The summed E-state index contributed by atoms with van der Waals surface area (Å²) in [7, 11) is 0. The van der Waals surface area contributed by atoms with Crippen LogP contribution >= 0.6 is 0 Å². The highest BCUT2D eigenvalue weighted by atomic mass is 15.1. The molecule has 30 heavy (non-hydrogen) atoms. The van der Waals surface area contributed by atoms with Crippen LogP contribution in [0.25, 0.3) is 22.3 Å². The van der Waals surface area contributed by atoms with Gasteiger partial charge >= 0.3 is 0 Å². The van der Waals surface area contributed by atoms with Crippen LogP contribution < -0.4 is 5.32 Å². The molecule has 1 aromatic carbocycles. The molecular weight excluding hydrogens is 374 g/mol. The number of piperidine rings is 1. The highest BCUT2D eigenvalue weighted by Crippen LogP contribution is 2.33. The van der Waals surface area contributed by atoms with Crippen LogP contribution in [0, 0.1) is 11.3 Å². The Balaban J connectivity index is 1.30. The predicted molar refractivity (Wildman–Crippen MR) is 117 cm³/mol. The summed E-state index contributed by atoms with van der Waals surface area (Å²) < 4.78 is 0. The summed E-state index contributed by atoms with van der Waals surface area (Å²) in [6.45, 7) is 2.93. The van der Waals surface area contributed by atoms with Crippen LogP contribution in [0.2, 0.25) is 0 Å². The lowest BCUT2D eigenvalue weighted by atomic mass is 10.0. The summed E-state index contributed by atoms with van der Waals surface area (Å²) in [5.74, 6) is 0. The number of benzene rings is 1. The van der Waals surface area contributed by atoms with Crippen molar-refractivity contribution in [2.45, 2.75) is 25.4 Å². The first-order valence-corrected chi connectivity index (χ1v) is 10.2. The van der Waals surface area contributed by atoms with Gasteiger partial charge in [0.1, 0.15) is 5.65 Å². The van der Waals surface area contributed by atoms with Crippen molar-refractivity contribution >= 4 is 16.7 Å². The zero-order valence-corrected chi connectivity index (χ0v) is 16.6. The van der Waals surface area contributed by atoms with Crippen molar-refractivity contribution in [3.8, 4) is 17.3 Å². The minimum absolute atomic E-state index is 0.397. The molecule has 0 atom stereocenters. The smallest absolute Gasteiger partial charge is 0.139 e. The zero-order valence-electron chi connectivity index (χ0n) is 16.6. The number of rotatable bonds is 5. The van der Waals surface area contributed by atoms with Crippen molar-refractivity contribution in [1.29, 1.82) is 5.26 Å². The summed E-state index contributed by atoms with van der Waals surface area (Å²) in [5, 5.41) is 21.2. The quantitative estimate of drug-likeness (QED) is 0.475. The van der Waals surface area contributed by atoms with Crippen molar-refractivity contribution in [2.24, 2.45) is 0 Å². The molecule has 1 aliphatic heterocycles. The van der Waals surface area contributed by atoms with E-state index in [2.05, 4.69) is 48.6 Å². The first-order valence-electron chi connectivity index (χ1n) is 10.2. The molecule has 0 aliphatic carbocycles. The second-order valence-electron chi connectivity index (χ2n) is 7.76. The Labute approximate surface area is 174 Å². The molecule has 7 heteroatoms. The van der Waals surface area contributed by atoms with Crippen LogP contribution in [0.5, 0.6) is 0 Å². The van der Waals surface area contributed by atoms with Crippen molar-refractivity contribution < 1.29 is 0 Å². The SMILES string of the molecule is N#Cc1cccc(CN2CCC(Nc3c(-c4ccn[nH]4)cnc4[nH]ccc34)CC2)c1. The molecule has 7 nitrogen and oxygen atoms in total. The van der Waals surface area contributed by atoms with Crippen LogP contribution in [0.4, 0.5) is 5.69 Å². The van der Waals surface area contributed by atoms with Gasteiger partial charge in [0.15, 0.2) is 0 Å². The average molecular weight is 397 g/mol. The fourth-order valence-corrected chi connectivity index (χ4v) is 4.21. The third kappa shape index (κ3) is 3.65. The average Bonchev–Trinajstić information content (AvgIpc) is 3.48. The van der Waals surface area contributed by atoms with Crippen LogP contribution in [-0.4, -0.2) is 44.2 Å². The third-order valence-electron chi connectivity index (χ3n) is 5.78. The standard InChI is InChI=1S/C23H23N7/c24-13-16-2-1-3-17(12-16)15-30-10-6-18(7-11-30)28-22-19-4-8-25-23(19)26-14-20(22)21-5-9-27-29-21/h1-5,8-9,12,14,18H,6-7,10-11,15H2,(H,27,29)(H2,25,26,28). The van der Waals surface area contributed by atoms with Crippen molar-refractivity contribution in [3.63, 3.8) is 0 Å². The molecule has 1 fully saturated rings. The van der Waals surface area contributed by atoms with Gasteiger partial charge in [-0.25, -0.2) is 4.98 Å². The number of pyridine rings is 1. The van der Waals surface area contributed by atoms with E-state index in [1.54, 1.807) is 6.20 Å². The molecule has 1 saturated heterocycles. The highest BCUT2D eigenvalue weighted by molar-refractivity contribution is 5.97. The predicted octanol–water partition coefficient (Wildman–Crippen LogP) is 3.90. The van der Waals surface area contributed by atoms with Crippen LogP contribution in [-0.2, 0) is 6.54 Å². The van der Waals surface area contributed by atoms with Gasteiger partial charge in [0, 0.05) is 55.2 Å². The lowest BCUT2D eigenvalue weighted by Crippen LogP contribution is -2.38. The molecule has 3 aromatic heterocycles. The summed E-state index contributed by atoms with van der Waals surface area (Å²) >= 11 is 0. The van der Waals surface area contributed by atoms with Crippen molar-refractivity contribution in [3.05, 3.63) is 66.1 Å². The molecule has 0 unspecified atom stereocenters. The van der Waals surface area contributed by atoms with E-state index in [1.165, 1.54) is 5.56 Å². The van der Waals surface area contributed by atoms with E-state index in [4.69, 9.17) is 5.26 Å². The molecule has 4 heterocycles. The third-order valence-corrected chi connectivity index (χ3v) is 5.78. The van der Waals surface area contributed by atoms with Crippen molar-refractivity contribution in [2.75, 3.05) is 18.4 Å². The molecule has 0 radical (unpaired) electrons. The number of nitriles is 1. The Kier molecular flexibility index (Phi) is 4.91. The zero-order chi connectivity index (χ0) is 20.3. The molecule has 5 rings (SSSR count). The van der Waals surface area contributed by atoms with Crippen LogP contribution in [0.1, 0.15) is 24.0 Å². The Morgan fingerprint density at radius 3 is 2.90 bits per heavy atom. The number of H-pyrrole nitrogens is 2. The number of anilines is 1. The van der Waals surface area contributed by atoms with E-state index in [1.807, 2.05) is 36.7 Å². The summed E-state index contributed by atoms with van der Waals surface area (Å²) in [6.07, 6.45) is 7.72. The minimum atomic E-state index is 0.397. The number of fused-ring (bicyclic) bond motifs is 1. The van der Waals surface area contributed by atoms with E-state index >= 15 is 0 Å². The summed E-state index contributed by atoms with van der Waals surface area (Å²) in [4.78, 5) is 10.2. The Morgan fingerprint density at radius 2 is 2.10 bits per heavy atom. The van der Waals surface area contributed by atoms with E-state index in [0.29, 0.717) is 6.04 Å². The largest absolute Gasteiger partial charge is 0.381 e. The topological polar surface area (TPSA) is 96.4 Å². The molecule has 0 amide bonds. The molecule has 150 valence electrons. The van der Waals surface area contributed by atoms with Gasteiger partial charge in [0.05, 0.1) is 23.0 Å². The molecule has 4 aromatic rings. The first kappa shape index (κ1) is 18.4. The summed E-state index contributed by atoms with van der Waals surface area (Å²) in [6, 6.07) is 14.6. The second kappa shape index (κ2) is 8.01. The van der Waals surface area contributed by atoms with Gasteiger partial charge in [-0.3, -0.25) is 10.00 Å². The number of aromatic amines is 2. The normalized spacial score (nSPS) is 15.3. The number of aromatic nitrogens is 4. The van der Waals surface area contributed by atoms with Crippen LogP contribution in [0.3, 0.4) is 0 Å². The van der Waals surface area contributed by atoms with Gasteiger partial charge in [0.2, 0.25) is 0 Å². The molecule has 0 spiro atoms. The number of hydrogen-bond acceptors (Lipinski definition) is 5. The molecule has 3 N–H and O–H groups in total. The maximum absolute atomic E-state index is 9.11. The fraction of sp³-hybridized carbons (Fsp3) is 0.261. The molecule has 0 bridgehead atoms. The Bertz CT molecular complexity index is 1180. The van der Waals surface area contributed by atoms with Gasteiger partial charge in [-0.15, -0.1) is 0 Å². The van der Waals surface area contributed by atoms with Gasteiger partial charge in [-0.2, -0.15) is 10.4 Å². The second-order valence-corrected chi connectivity index (χ2v) is 7.76. The number of likely N-dealkylation sites (tertiary alicyclic amines) is 1. The van der Waals surface area contributed by atoms with Gasteiger partial charge in [0.25, 0.3) is 0 Å². The Morgan fingerprint density at radius 1 is 1.20 bits per heavy atom. The maximum atomic E-state index is 9.11. The van der Waals surface area contributed by atoms with Crippen LogP contribution in [0.15, 0.2) is 55.0 Å². The van der Waals surface area contributed by atoms with E-state index < -0.39 is 0 Å². The molecule has 0 saturated carbocycles. The summed E-state index contributed by atoms with van der Waals surface area (Å²) in [5.41, 5.74) is 5.91. The monoisotopic (exact) mass is 397 g/mol. The van der Waals surface area contributed by atoms with Gasteiger partial charge < -0.3 is 10.3 Å². The highest BCUT2D eigenvalue weighted by Gasteiger charge is 2.22. The maximum Gasteiger partial charge on any atom is 0.139 e. The fourth-order valence-electron chi connectivity index (χ4n) is 4.21.